The van der Waals surface area contributed by atoms with Gasteiger partial charge in [-0.05, 0) is 42.5 Å². The lowest BCUT2D eigenvalue weighted by atomic mass is 10.1. The van der Waals surface area contributed by atoms with Gasteiger partial charge in [0.05, 0.1) is 22.4 Å². The fraction of sp³-hybridized carbons (Fsp3) is 0. The molecule has 0 saturated heterocycles. The molecular formula is C30H20N2S. The highest BCUT2D eigenvalue weighted by Gasteiger charge is 2.14. The molecule has 0 unspecified atom stereocenters. The van der Waals surface area contributed by atoms with Crippen LogP contribution in [0.3, 0.4) is 0 Å². The molecular weight excluding hydrogens is 420 g/mol. The van der Waals surface area contributed by atoms with Gasteiger partial charge in [-0.25, -0.2) is 0 Å². The number of aromatic nitrogens is 1. The highest BCUT2D eigenvalue weighted by atomic mass is 32.1. The van der Waals surface area contributed by atoms with Crippen LogP contribution in [0.4, 0.5) is 11.4 Å². The summed E-state index contributed by atoms with van der Waals surface area (Å²) in [5.74, 6) is 0. The van der Waals surface area contributed by atoms with Crippen molar-refractivity contribution in [3.05, 3.63) is 115 Å². The minimum Gasteiger partial charge on any atom is -0.354 e. The molecule has 0 aliphatic rings. The van der Waals surface area contributed by atoms with Crippen molar-refractivity contribution in [1.82, 2.24) is 4.57 Å². The van der Waals surface area contributed by atoms with Gasteiger partial charge in [-0.3, -0.25) is 0 Å². The Balaban J connectivity index is 1.40. The monoisotopic (exact) mass is 440 g/mol. The third-order valence-electron chi connectivity index (χ3n) is 6.38. The summed E-state index contributed by atoms with van der Waals surface area (Å²) in [6, 6.07) is 41.2. The molecule has 156 valence electrons. The molecule has 0 spiro atoms. The van der Waals surface area contributed by atoms with Gasteiger partial charge in [-0.2, -0.15) is 0 Å². The maximum Gasteiger partial charge on any atom is 0.0697 e. The normalized spacial score (nSPS) is 11.6. The Bertz CT molecular complexity index is 1750. The van der Waals surface area contributed by atoms with Crippen molar-refractivity contribution in [2.24, 2.45) is 0 Å². The van der Waals surface area contributed by atoms with Crippen molar-refractivity contribution in [2.45, 2.75) is 0 Å². The van der Waals surface area contributed by atoms with Crippen LogP contribution in [0.2, 0.25) is 0 Å². The molecule has 0 aliphatic heterocycles. The van der Waals surface area contributed by atoms with Crippen LogP contribution in [0.25, 0.3) is 47.7 Å². The smallest absolute Gasteiger partial charge is 0.0697 e. The Labute approximate surface area is 195 Å². The molecule has 5 aromatic carbocycles. The first-order valence-corrected chi connectivity index (χ1v) is 11.9. The standard InChI is InChI=1S/C30H20N2S/c1-5-13-26-21(9-1)22-10-2-6-14-27(22)32(26)28-15-7-4-12-25(28)31-20-17-18-24-23-11-3-8-16-29(23)33-30(24)19-20/h1-19,31H. The predicted octanol–water partition coefficient (Wildman–Crippen LogP) is 8.90. The van der Waals surface area contributed by atoms with Crippen molar-refractivity contribution in [2.75, 3.05) is 5.32 Å². The molecule has 2 aromatic heterocycles. The molecule has 7 rings (SSSR count). The molecule has 33 heavy (non-hydrogen) atoms. The second-order valence-corrected chi connectivity index (χ2v) is 9.40. The molecule has 0 atom stereocenters. The zero-order valence-corrected chi connectivity index (χ0v) is 18.6. The van der Waals surface area contributed by atoms with Crippen LogP contribution < -0.4 is 5.32 Å². The topological polar surface area (TPSA) is 17.0 Å². The lowest BCUT2D eigenvalue weighted by Crippen LogP contribution is -2.00. The molecule has 0 amide bonds. The largest absolute Gasteiger partial charge is 0.354 e. The van der Waals surface area contributed by atoms with Gasteiger partial charge in [0.25, 0.3) is 0 Å². The van der Waals surface area contributed by atoms with Crippen LogP contribution in [0, 0.1) is 0 Å². The molecule has 0 aliphatic carbocycles. The van der Waals surface area contributed by atoms with Crippen LogP contribution in [0.5, 0.6) is 0 Å². The zero-order valence-electron chi connectivity index (χ0n) is 17.8. The van der Waals surface area contributed by atoms with Crippen molar-refractivity contribution in [1.29, 1.82) is 0 Å². The summed E-state index contributed by atoms with van der Waals surface area (Å²) in [6.45, 7) is 0. The summed E-state index contributed by atoms with van der Waals surface area (Å²) in [7, 11) is 0. The van der Waals surface area contributed by atoms with E-state index in [0.717, 1.165) is 17.1 Å². The molecule has 0 radical (unpaired) electrons. The molecule has 0 saturated carbocycles. The molecule has 1 N–H and O–H groups in total. The van der Waals surface area contributed by atoms with Gasteiger partial charge in [0.2, 0.25) is 0 Å². The minimum atomic E-state index is 1.09. The number of rotatable bonds is 3. The first-order chi connectivity index (χ1) is 16.4. The lowest BCUT2D eigenvalue weighted by Gasteiger charge is -2.15. The maximum atomic E-state index is 3.71. The van der Waals surface area contributed by atoms with Gasteiger partial charge in [0.15, 0.2) is 0 Å². The summed E-state index contributed by atoms with van der Waals surface area (Å²) in [5.41, 5.74) is 5.76. The third-order valence-corrected chi connectivity index (χ3v) is 7.52. The van der Waals surface area contributed by atoms with Crippen LogP contribution in [-0.4, -0.2) is 4.57 Å². The summed E-state index contributed by atoms with van der Waals surface area (Å²) in [5, 5.41) is 8.90. The number of para-hydroxylation sites is 4. The second kappa shape index (κ2) is 7.22. The average molecular weight is 441 g/mol. The number of fused-ring (bicyclic) bond motifs is 6. The van der Waals surface area contributed by atoms with Gasteiger partial charge in [-0.15, -0.1) is 11.3 Å². The molecule has 2 heterocycles. The fourth-order valence-electron chi connectivity index (χ4n) is 4.92. The first kappa shape index (κ1) is 18.5. The maximum absolute atomic E-state index is 3.71. The molecule has 7 aromatic rings. The van der Waals surface area contributed by atoms with Gasteiger partial charge >= 0.3 is 0 Å². The van der Waals surface area contributed by atoms with Crippen LogP contribution in [0.1, 0.15) is 0 Å². The van der Waals surface area contributed by atoms with E-state index >= 15 is 0 Å². The summed E-state index contributed by atoms with van der Waals surface area (Å²) >= 11 is 1.85. The number of nitrogens with one attached hydrogen (secondary N) is 1. The fourth-order valence-corrected chi connectivity index (χ4v) is 6.06. The first-order valence-electron chi connectivity index (χ1n) is 11.1. The summed E-state index contributed by atoms with van der Waals surface area (Å²) in [4.78, 5) is 0. The third kappa shape index (κ3) is 2.86. The van der Waals surface area contributed by atoms with E-state index in [9.17, 15) is 0 Å². The number of hydrogen-bond donors (Lipinski definition) is 1. The van der Waals surface area contributed by atoms with Crippen molar-refractivity contribution in [3.8, 4) is 5.69 Å². The molecule has 0 bridgehead atoms. The van der Waals surface area contributed by atoms with Gasteiger partial charge in [0.1, 0.15) is 0 Å². The highest BCUT2D eigenvalue weighted by molar-refractivity contribution is 7.25. The summed E-state index contributed by atoms with van der Waals surface area (Å²) in [6.07, 6.45) is 0. The number of thiophene rings is 1. The van der Waals surface area contributed by atoms with E-state index in [0.29, 0.717) is 0 Å². The number of anilines is 2. The van der Waals surface area contributed by atoms with E-state index in [1.165, 1.54) is 42.0 Å². The quantitative estimate of drug-likeness (QED) is 0.290. The van der Waals surface area contributed by atoms with Crippen molar-refractivity contribution < 1.29 is 0 Å². The Morgan fingerprint density at radius 1 is 0.515 bits per heavy atom. The second-order valence-electron chi connectivity index (χ2n) is 8.32. The van der Waals surface area contributed by atoms with Crippen LogP contribution in [0.15, 0.2) is 115 Å². The van der Waals surface area contributed by atoms with E-state index in [1.54, 1.807) is 0 Å². The van der Waals surface area contributed by atoms with E-state index in [4.69, 9.17) is 0 Å². The Morgan fingerprint density at radius 3 is 1.91 bits per heavy atom. The highest BCUT2D eigenvalue weighted by Crippen LogP contribution is 2.38. The van der Waals surface area contributed by atoms with Crippen LogP contribution in [-0.2, 0) is 0 Å². The number of benzene rings is 5. The SMILES string of the molecule is c1ccc(-n2c3ccccc3c3ccccc32)c(Nc2ccc3c(c2)sc2ccccc23)c1. The summed E-state index contributed by atoms with van der Waals surface area (Å²) < 4.78 is 5.00. The molecule has 3 heteroatoms. The number of hydrogen-bond acceptors (Lipinski definition) is 2. The van der Waals surface area contributed by atoms with Gasteiger partial charge in [0, 0.05) is 36.6 Å². The van der Waals surface area contributed by atoms with E-state index in [2.05, 4.69) is 125 Å². The number of nitrogens with zero attached hydrogens (tertiary/aromatic N) is 1. The zero-order chi connectivity index (χ0) is 21.8. The predicted molar refractivity (Wildman–Crippen MR) is 143 cm³/mol. The minimum absolute atomic E-state index is 1.09. The van der Waals surface area contributed by atoms with E-state index in [1.807, 2.05) is 11.3 Å². The van der Waals surface area contributed by atoms with Gasteiger partial charge in [-0.1, -0.05) is 72.8 Å². The molecule has 0 fully saturated rings. The van der Waals surface area contributed by atoms with E-state index < -0.39 is 0 Å². The Kier molecular flexibility index (Phi) is 4.05. The van der Waals surface area contributed by atoms with E-state index in [-0.39, 0.29) is 0 Å². The Morgan fingerprint density at radius 2 is 1.12 bits per heavy atom. The van der Waals surface area contributed by atoms with Crippen molar-refractivity contribution in [3.63, 3.8) is 0 Å². The molecule has 2 nitrogen and oxygen atoms in total. The Hall–Kier alpha value is -4.08. The average Bonchev–Trinajstić information content (AvgIpc) is 3.40. The van der Waals surface area contributed by atoms with Gasteiger partial charge < -0.3 is 9.88 Å². The van der Waals surface area contributed by atoms with Crippen LogP contribution >= 0.6 is 11.3 Å². The lowest BCUT2D eigenvalue weighted by molar-refractivity contribution is 1.18. The van der Waals surface area contributed by atoms with Crippen molar-refractivity contribution >= 4 is 64.7 Å².